The van der Waals surface area contributed by atoms with E-state index in [9.17, 15) is 4.79 Å². The summed E-state index contributed by atoms with van der Waals surface area (Å²) in [5.41, 5.74) is 2.18. The molecule has 1 saturated heterocycles. The van der Waals surface area contributed by atoms with Crippen molar-refractivity contribution >= 4 is 40.2 Å². The lowest BCUT2D eigenvalue weighted by Gasteiger charge is -2.35. The molecule has 0 atom stereocenters. The Labute approximate surface area is 144 Å². The number of halogens is 1. The summed E-state index contributed by atoms with van der Waals surface area (Å²) in [6.45, 7) is 5.74. The number of hydrogen-bond acceptors (Lipinski definition) is 5. The normalized spacial score (nSPS) is 15.7. The van der Waals surface area contributed by atoms with Crippen LogP contribution in [0.1, 0.15) is 15.5 Å². The van der Waals surface area contributed by atoms with Crippen LogP contribution in [0.3, 0.4) is 0 Å². The lowest BCUT2D eigenvalue weighted by Crippen LogP contribution is -2.44. The van der Waals surface area contributed by atoms with Crippen molar-refractivity contribution in [3.05, 3.63) is 39.3 Å². The molecule has 23 heavy (non-hydrogen) atoms. The molecule has 1 amide bonds. The Morgan fingerprint density at radius 1 is 1.30 bits per heavy atom. The lowest BCUT2D eigenvalue weighted by atomic mass is 10.2. The second-order valence-corrected chi connectivity index (χ2v) is 7.16. The molecule has 122 valence electrons. The molecule has 0 radical (unpaired) electrons. The van der Waals surface area contributed by atoms with Gasteiger partial charge in [-0.05, 0) is 32.2 Å². The molecule has 1 aromatic heterocycles. The second kappa shape index (κ2) is 6.86. The number of hydrogen-bond donors (Lipinski definition) is 1. The number of amides is 1. The highest BCUT2D eigenvalue weighted by molar-refractivity contribution is 7.09. The van der Waals surface area contributed by atoms with Gasteiger partial charge in [-0.1, -0.05) is 11.6 Å². The molecule has 1 N–H and O–H groups in total. The number of aryl methyl sites for hydroxylation is 1. The first-order chi connectivity index (χ1) is 11.0. The Morgan fingerprint density at radius 2 is 2.04 bits per heavy atom. The van der Waals surface area contributed by atoms with E-state index in [2.05, 4.69) is 27.1 Å². The average molecular weight is 351 g/mol. The number of anilines is 2. The summed E-state index contributed by atoms with van der Waals surface area (Å²) >= 11 is 7.59. The molecule has 0 bridgehead atoms. The minimum absolute atomic E-state index is 0.202. The maximum atomic E-state index is 12.4. The molecule has 7 heteroatoms. The van der Waals surface area contributed by atoms with Crippen LogP contribution in [0.5, 0.6) is 0 Å². The van der Waals surface area contributed by atoms with Crippen molar-refractivity contribution in [1.29, 1.82) is 0 Å². The van der Waals surface area contributed by atoms with Gasteiger partial charge in [0.25, 0.3) is 5.91 Å². The third-order valence-corrected chi connectivity index (χ3v) is 4.91. The van der Waals surface area contributed by atoms with Crippen LogP contribution in [0.4, 0.5) is 11.4 Å². The highest BCUT2D eigenvalue weighted by atomic mass is 35.5. The number of thiazole rings is 1. The zero-order valence-electron chi connectivity index (χ0n) is 13.2. The quantitative estimate of drug-likeness (QED) is 0.924. The third kappa shape index (κ3) is 3.83. The number of aromatic nitrogens is 1. The van der Waals surface area contributed by atoms with Crippen LogP contribution in [-0.4, -0.2) is 49.0 Å². The monoisotopic (exact) mass is 350 g/mol. The van der Waals surface area contributed by atoms with Gasteiger partial charge in [-0.2, -0.15) is 0 Å². The first-order valence-electron chi connectivity index (χ1n) is 7.49. The Hall–Kier alpha value is -1.63. The van der Waals surface area contributed by atoms with Gasteiger partial charge < -0.3 is 15.1 Å². The van der Waals surface area contributed by atoms with Gasteiger partial charge in [-0.3, -0.25) is 4.79 Å². The SMILES string of the molecule is Cc1nc(C(=O)Nc2cc(Cl)ccc2N2CCN(C)CC2)cs1. The summed E-state index contributed by atoms with van der Waals surface area (Å²) in [4.78, 5) is 21.2. The molecule has 1 fully saturated rings. The minimum atomic E-state index is -0.202. The van der Waals surface area contributed by atoms with Crippen molar-refractivity contribution in [2.75, 3.05) is 43.4 Å². The molecular weight excluding hydrogens is 332 g/mol. The van der Waals surface area contributed by atoms with Crippen LogP contribution in [0.15, 0.2) is 23.6 Å². The van der Waals surface area contributed by atoms with E-state index in [1.54, 1.807) is 11.4 Å². The fourth-order valence-corrected chi connectivity index (χ4v) is 3.35. The van der Waals surface area contributed by atoms with Crippen LogP contribution in [0.25, 0.3) is 0 Å². The predicted molar refractivity (Wildman–Crippen MR) is 96.0 cm³/mol. The number of carbonyl (C=O) groups is 1. The maximum absolute atomic E-state index is 12.4. The van der Waals surface area contributed by atoms with Gasteiger partial charge in [0.15, 0.2) is 0 Å². The summed E-state index contributed by atoms with van der Waals surface area (Å²) in [6, 6.07) is 5.62. The number of piperazine rings is 1. The number of nitrogens with zero attached hydrogens (tertiary/aromatic N) is 3. The largest absolute Gasteiger partial charge is 0.367 e. The van der Waals surface area contributed by atoms with Gasteiger partial charge in [-0.15, -0.1) is 11.3 Å². The van der Waals surface area contributed by atoms with Crippen molar-refractivity contribution in [3.8, 4) is 0 Å². The van der Waals surface area contributed by atoms with E-state index in [-0.39, 0.29) is 5.91 Å². The van der Waals surface area contributed by atoms with Gasteiger partial charge in [-0.25, -0.2) is 4.98 Å². The van der Waals surface area contributed by atoms with Crippen LogP contribution in [0.2, 0.25) is 5.02 Å². The molecule has 0 unspecified atom stereocenters. The number of carbonyl (C=O) groups excluding carboxylic acids is 1. The minimum Gasteiger partial charge on any atom is -0.367 e. The smallest absolute Gasteiger partial charge is 0.275 e. The van der Waals surface area contributed by atoms with E-state index in [0.29, 0.717) is 10.7 Å². The fraction of sp³-hybridized carbons (Fsp3) is 0.375. The fourth-order valence-electron chi connectivity index (χ4n) is 2.59. The number of benzene rings is 1. The lowest BCUT2D eigenvalue weighted by molar-refractivity contribution is 0.102. The third-order valence-electron chi connectivity index (χ3n) is 3.90. The van der Waals surface area contributed by atoms with E-state index in [1.807, 2.05) is 19.1 Å². The van der Waals surface area contributed by atoms with Gasteiger partial charge in [0.1, 0.15) is 5.69 Å². The summed E-state index contributed by atoms with van der Waals surface area (Å²) in [5, 5.41) is 6.20. The van der Waals surface area contributed by atoms with Gasteiger partial charge in [0, 0.05) is 36.6 Å². The van der Waals surface area contributed by atoms with Crippen LogP contribution in [0, 0.1) is 6.92 Å². The Balaban J connectivity index is 1.83. The Morgan fingerprint density at radius 3 is 2.70 bits per heavy atom. The van der Waals surface area contributed by atoms with E-state index < -0.39 is 0 Å². The van der Waals surface area contributed by atoms with Gasteiger partial charge in [0.2, 0.25) is 0 Å². The first kappa shape index (κ1) is 16.2. The molecule has 0 spiro atoms. The summed E-state index contributed by atoms with van der Waals surface area (Å²) in [7, 11) is 2.12. The number of likely N-dealkylation sites (N-methyl/N-ethyl adjacent to an activating group) is 1. The first-order valence-corrected chi connectivity index (χ1v) is 8.75. The van der Waals surface area contributed by atoms with E-state index in [1.165, 1.54) is 11.3 Å². The zero-order valence-corrected chi connectivity index (χ0v) is 14.7. The van der Waals surface area contributed by atoms with Crippen LogP contribution >= 0.6 is 22.9 Å². The van der Waals surface area contributed by atoms with E-state index >= 15 is 0 Å². The molecule has 0 saturated carbocycles. The average Bonchev–Trinajstić information content (AvgIpc) is 2.95. The molecule has 1 aliphatic rings. The van der Waals surface area contributed by atoms with E-state index in [4.69, 9.17) is 11.6 Å². The maximum Gasteiger partial charge on any atom is 0.275 e. The van der Waals surface area contributed by atoms with Crippen molar-refractivity contribution in [2.24, 2.45) is 0 Å². The molecule has 5 nitrogen and oxygen atoms in total. The Bertz CT molecular complexity index is 710. The topological polar surface area (TPSA) is 48.5 Å². The van der Waals surface area contributed by atoms with Crippen LogP contribution < -0.4 is 10.2 Å². The van der Waals surface area contributed by atoms with Crippen molar-refractivity contribution in [2.45, 2.75) is 6.92 Å². The highest BCUT2D eigenvalue weighted by Gasteiger charge is 2.19. The molecule has 2 aromatic rings. The van der Waals surface area contributed by atoms with E-state index in [0.717, 1.165) is 42.6 Å². The molecule has 3 rings (SSSR count). The Kier molecular flexibility index (Phi) is 4.84. The van der Waals surface area contributed by atoms with Crippen molar-refractivity contribution < 1.29 is 4.79 Å². The van der Waals surface area contributed by atoms with Crippen LogP contribution in [-0.2, 0) is 0 Å². The zero-order chi connectivity index (χ0) is 16.4. The molecule has 0 aliphatic carbocycles. The second-order valence-electron chi connectivity index (χ2n) is 5.66. The number of rotatable bonds is 3. The molecule has 1 aliphatic heterocycles. The molecule has 2 heterocycles. The van der Waals surface area contributed by atoms with Gasteiger partial charge in [0.05, 0.1) is 16.4 Å². The van der Waals surface area contributed by atoms with Crippen molar-refractivity contribution in [1.82, 2.24) is 9.88 Å². The molecule has 1 aromatic carbocycles. The predicted octanol–water partition coefficient (Wildman–Crippen LogP) is 3.11. The molecular formula is C16H19ClN4OS. The van der Waals surface area contributed by atoms with Crippen molar-refractivity contribution in [3.63, 3.8) is 0 Å². The van der Waals surface area contributed by atoms with Gasteiger partial charge >= 0.3 is 0 Å². The standard InChI is InChI=1S/C16H19ClN4OS/c1-11-18-14(10-23-11)16(22)19-13-9-12(17)3-4-15(13)21-7-5-20(2)6-8-21/h3-4,9-10H,5-8H2,1-2H3,(H,19,22). The number of nitrogens with one attached hydrogen (secondary N) is 1. The highest BCUT2D eigenvalue weighted by Crippen LogP contribution is 2.30. The summed E-state index contributed by atoms with van der Waals surface area (Å²) in [6.07, 6.45) is 0. The summed E-state index contributed by atoms with van der Waals surface area (Å²) < 4.78 is 0. The summed E-state index contributed by atoms with van der Waals surface area (Å²) in [5.74, 6) is -0.202.